The first-order chi connectivity index (χ1) is 11.5. The molecule has 6 nitrogen and oxygen atoms in total. The van der Waals surface area contributed by atoms with Crippen molar-refractivity contribution in [2.24, 2.45) is 7.05 Å². The lowest BCUT2D eigenvalue weighted by Crippen LogP contribution is -2.52. The smallest absolute Gasteiger partial charge is 0.317 e. The van der Waals surface area contributed by atoms with Gasteiger partial charge in [-0.25, -0.2) is 4.79 Å². The summed E-state index contributed by atoms with van der Waals surface area (Å²) in [5.74, 6) is 0. The largest absolute Gasteiger partial charge is 0.331 e. The summed E-state index contributed by atoms with van der Waals surface area (Å²) in [5.41, 5.74) is 2.39. The van der Waals surface area contributed by atoms with Crippen molar-refractivity contribution in [3.63, 3.8) is 0 Å². The van der Waals surface area contributed by atoms with E-state index in [0.29, 0.717) is 6.04 Å². The van der Waals surface area contributed by atoms with Crippen LogP contribution in [0.15, 0.2) is 29.2 Å². The van der Waals surface area contributed by atoms with Crippen LogP contribution in [0.5, 0.6) is 0 Å². The molecule has 0 saturated carbocycles. The Morgan fingerprint density at radius 1 is 1.25 bits per heavy atom. The van der Waals surface area contributed by atoms with Crippen molar-refractivity contribution in [1.82, 2.24) is 24.9 Å². The number of nitrogens with zero attached hydrogens (tertiary/aromatic N) is 4. The van der Waals surface area contributed by atoms with E-state index in [1.165, 1.54) is 5.56 Å². The molecule has 0 unspecified atom stereocenters. The predicted octanol–water partition coefficient (Wildman–Crippen LogP) is 2.63. The lowest BCUT2D eigenvalue weighted by Gasteiger charge is -2.38. The van der Waals surface area contributed by atoms with Gasteiger partial charge in [0.15, 0.2) is 0 Å². The van der Waals surface area contributed by atoms with Gasteiger partial charge in [-0.15, -0.1) is 0 Å². The second kappa shape index (κ2) is 7.36. The number of carbonyl (C=O) groups excluding carboxylic acids is 1. The quantitative estimate of drug-likeness (QED) is 0.925. The van der Waals surface area contributed by atoms with Gasteiger partial charge >= 0.3 is 6.03 Å². The van der Waals surface area contributed by atoms with Crippen molar-refractivity contribution >= 4 is 17.4 Å². The van der Waals surface area contributed by atoms with Crippen LogP contribution >= 0.6 is 11.3 Å². The number of urea groups is 1. The fourth-order valence-electron chi connectivity index (χ4n) is 3.06. The van der Waals surface area contributed by atoms with Gasteiger partial charge in [-0.2, -0.15) is 16.4 Å². The molecule has 0 radical (unpaired) electrons. The van der Waals surface area contributed by atoms with Gasteiger partial charge in [0.05, 0.1) is 12.2 Å². The molecule has 1 fully saturated rings. The van der Waals surface area contributed by atoms with Crippen LogP contribution in [0.25, 0.3) is 0 Å². The van der Waals surface area contributed by atoms with Crippen LogP contribution in [0.1, 0.15) is 37.1 Å². The van der Waals surface area contributed by atoms with Gasteiger partial charge in [-0.3, -0.25) is 9.58 Å². The maximum Gasteiger partial charge on any atom is 0.317 e. The molecule has 130 valence electrons. The Hall–Kier alpha value is -1.86. The van der Waals surface area contributed by atoms with Gasteiger partial charge in [0.1, 0.15) is 0 Å². The lowest BCUT2D eigenvalue weighted by atomic mass is 10.1. The maximum atomic E-state index is 12.5. The second-order valence-electron chi connectivity index (χ2n) is 6.37. The minimum Gasteiger partial charge on any atom is -0.331 e. The average Bonchev–Trinajstić information content (AvgIpc) is 3.26. The normalized spacial score (nSPS) is 18.4. The summed E-state index contributed by atoms with van der Waals surface area (Å²) in [6, 6.07) is 2.57. The van der Waals surface area contributed by atoms with Gasteiger partial charge in [0.2, 0.25) is 0 Å². The van der Waals surface area contributed by atoms with Crippen LogP contribution in [0, 0.1) is 0 Å². The fraction of sp³-hybridized carbons (Fsp3) is 0.529. The summed E-state index contributed by atoms with van der Waals surface area (Å²) in [7, 11) is 1.88. The van der Waals surface area contributed by atoms with E-state index in [-0.39, 0.29) is 12.1 Å². The summed E-state index contributed by atoms with van der Waals surface area (Å²) in [4.78, 5) is 16.8. The molecule has 3 rings (SSSR count). The number of piperazine rings is 1. The zero-order chi connectivity index (χ0) is 17.1. The molecule has 1 aliphatic heterocycles. The van der Waals surface area contributed by atoms with Gasteiger partial charge in [-0.05, 0) is 36.2 Å². The molecular formula is C17H25N5OS. The molecule has 1 saturated heterocycles. The molecule has 2 aromatic rings. The first kappa shape index (κ1) is 17.0. The molecular weight excluding hydrogens is 322 g/mol. The average molecular weight is 347 g/mol. The molecule has 0 aromatic carbocycles. The molecule has 1 N–H and O–H groups in total. The molecule has 0 bridgehead atoms. The number of carbonyl (C=O) groups is 1. The highest BCUT2D eigenvalue weighted by Crippen LogP contribution is 2.23. The Bertz CT molecular complexity index is 660. The van der Waals surface area contributed by atoms with Gasteiger partial charge < -0.3 is 10.2 Å². The fourth-order valence-corrected chi connectivity index (χ4v) is 3.81. The van der Waals surface area contributed by atoms with Crippen molar-refractivity contribution in [1.29, 1.82) is 0 Å². The molecule has 0 aliphatic carbocycles. The highest BCUT2D eigenvalue weighted by atomic mass is 32.1. The Labute approximate surface area is 147 Å². The summed E-state index contributed by atoms with van der Waals surface area (Å²) in [5, 5.41) is 11.6. The lowest BCUT2D eigenvalue weighted by molar-refractivity contribution is 0.113. The summed E-state index contributed by atoms with van der Waals surface area (Å²) < 4.78 is 1.75. The number of aryl methyl sites for hydroxylation is 1. The summed E-state index contributed by atoms with van der Waals surface area (Å²) in [6.45, 7) is 7.57. The Balaban J connectivity index is 1.50. The van der Waals surface area contributed by atoms with E-state index < -0.39 is 0 Å². The number of amides is 2. The molecule has 2 amide bonds. The minimum atomic E-state index is -0.0334. The zero-order valence-electron chi connectivity index (χ0n) is 14.5. The van der Waals surface area contributed by atoms with Crippen LogP contribution in [0.4, 0.5) is 4.79 Å². The van der Waals surface area contributed by atoms with Crippen LogP contribution in [-0.4, -0.2) is 51.8 Å². The van der Waals surface area contributed by atoms with E-state index in [0.717, 1.165) is 31.7 Å². The van der Waals surface area contributed by atoms with E-state index in [1.54, 1.807) is 22.2 Å². The van der Waals surface area contributed by atoms with Crippen molar-refractivity contribution in [2.75, 3.05) is 26.2 Å². The first-order valence-electron chi connectivity index (χ1n) is 8.34. The third-order valence-corrected chi connectivity index (χ3v) is 5.44. The summed E-state index contributed by atoms with van der Waals surface area (Å²) in [6.07, 6.45) is 3.73. The topological polar surface area (TPSA) is 53.4 Å². The third kappa shape index (κ3) is 3.79. The van der Waals surface area contributed by atoms with Crippen molar-refractivity contribution in [2.45, 2.75) is 25.9 Å². The maximum absolute atomic E-state index is 12.5. The number of hydrogen-bond acceptors (Lipinski definition) is 4. The first-order valence-corrected chi connectivity index (χ1v) is 9.29. The Morgan fingerprint density at radius 2 is 2.00 bits per heavy atom. The Kier molecular flexibility index (Phi) is 5.20. The minimum absolute atomic E-state index is 0.00851. The highest BCUT2D eigenvalue weighted by Gasteiger charge is 2.25. The van der Waals surface area contributed by atoms with Gasteiger partial charge in [0.25, 0.3) is 0 Å². The molecule has 2 aromatic heterocycles. The number of thiophene rings is 1. The van der Waals surface area contributed by atoms with E-state index in [2.05, 4.69) is 39.1 Å². The molecule has 2 atom stereocenters. The molecule has 1 aliphatic rings. The van der Waals surface area contributed by atoms with Crippen LogP contribution in [0.2, 0.25) is 0 Å². The number of nitrogens with one attached hydrogen (secondary N) is 1. The molecule has 24 heavy (non-hydrogen) atoms. The molecule has 0 spiro atoms. The molecule has 7 heteroatoms. The van der Waals surface area contributed by atoms with Crippen molar-refractivity contribution < 1.29 is 4.79 Å². The van der Waals surface area contributed by atoms with Gasteiger partial charge in [0, 0.05) is 51.0 Å². The number of aromatic nitrogens is 2. The van der Waals surface area contributed by atoms with Crippen LogP contribution in [-0.2, 0) is 7.05 Å². The zero-order valence-corrected chi connectivity index (χ0v) is 15.3. The highest BCUT2D eigenvalue weighted by molar-refractivity contribution is 7.07. The predicted molar refractivity (Wildman–Crippen MR) is 96.0 cm³/mol. The van der Waals surface area contributed by atoms with E-state index >= 15 is 0 Å². The van der Waals surface area contributed by atoms with Gasteiger partial charge in [-0.1, -0.05) is 0 Å². The van der Waals surface area contributed by atoms with E-state index in [1.807, 2.05) is 25.1 Å². The van der Waals surface area contributed by atoms with Crippen LogP contribution < -0.4 is 5.32 Å². The monoisotopic (exact) mass is 347 g/mol. The number of rotatable bonds is 4. The standard InChI is InChI=1S/C17H25N5OS/c1-13(16-10-18-20(3)11-16)19-17(23)22-7-5-21(6-8-22)14(2)15-4-9-24-12-15/h4,9-14H,5-8H2,1-3H3,(H,19,23)/t13-,14+/m1/s1. The molecule has 3 heterocycles. The van der Waals surface area contributed by atoms with Crippen LogP contribution in [0.3, 0.4) is 0 Å². The van der Waals surface area contributed by atoms with Crippen molar-refractivity contribution in [3.05, 3.63) is 40.3 Å². The van der Waals surface area contributed by atoms with Crippen molar-refractivity contribution in [3.8, 4) is 0 Å². The summed E-state index contributed by atoms with van der Waals surface area (Å²) >= 11 is 1.74. The third-order valence-electron chi connectivity index (χ3n) is 4.74. The second-order valence-corrected chi connectivity index (χ2v) is 7.15. The number of hydrogen-bond donors (Lipinski definition) is 1. The van der Waals surface area contributed by atoms with E-state index in [4.69, 9.17) is 0 Å². The Morgan fingerprint density at radius 3 is 2.58 bits per heavy atom. The van der Waals surface area contributed by atoms with E-state index in [9.17, 15) is 4.79 Å². The SMILES string of the molecule is C[C@@H](NC(=O)N1CCN([C@@H](C)c2ccsc2)CC1)c1cnn(C)c1.